The summed E-state index contributed by atoms with van der Waals surface area (Å²) in [6.07, 6.45) is 1.09. The van der Waals surface area contributed by atoms with E-state index >= 15 is 0 Å². The number of allylic oxidation sites excluding steroid dienone is 2. The maximum atomic E-state index is 12.5. The monoisotopic (exact) mass is 314 g/mol. The van der Waals surface area contributed by atoms with Crippen LogP contribution in [0.25, 0.3) is 0 Å². The summed E-state index contributed by atoms with van der Waals surface area (Å²) in [4.78, 5) is 12.5. The Morgan fingerprint density at radius 3 is 2.64 bits per heavy atom. The highest BCUT2D eigenvalue weighted by Crippen LogP contribution is 2.44. The van der Waals surface area contributed by atoms with Crippen LogP contribution < -0.4 is 0 Å². The number of nitrogens with zero attached hydrogens (tertiary/aromatic N) is 1. The summed E-state index contributed by atoms with van der Waals surface area (Å²) in [5.41, 5.74) is 1.38. The van der Waals surface area contributed by atoms with Gasteiger partial charge >= 0.3 is 0 Å². The van der Waals surface area contributed by atoms with Crippen LogP contribution in [0.4, 0.5) is 0 Å². The summed E-state index contributed by atoms with van der Waals surface area (Å²) >= 11 is 5.92. The lowest BCUT2D eigenvalue weighted by molar-refractivity contribution is -0.117. The summed E-state index contributed by atoms with van der Waals surface area (Å²) in [6.45, 7) is 1.99. The number of nitriles is 1. The van der Waals surface area contributed by atoms with Crippen molar-refractivity contribution >= 4 is 23.3 Å². The Kier molecular flexibility index (Phi) is 3.76. The Bertz CT molecular complexity index is 715. The zero-order valence-corrected chi connectivity index (χ0v) is 12.9. The fraction of sp³-hybridized carbons (Fsp3) is 0.353. The van der Waals surface area contributed by atoms with Crippen molar-refractivity contribution in [2.24, 2.45) is 11.8 Å². The lowest BCUT2D eigenvalue weighted by Gasteiger charge is -2.35. The number of ketones is 1. The second kappa shape index (κ2) is 5.58. The minimum Gasteiger partial charge on any atom is -0.446 e. The number of Topliss-reactive ketones (excluding diaryl/α,β-unsaturated/α-hetero) is 1. The average molecular weight is 315 g/mol. The summed E-state index contributed by atoms with van der Waals surface area (Å²) < 4.78 is 5.50. The third-order valence-corrected chi connectivity index (χ3v) is 4.45. The van der Waals surface area contributed by atoms with Crippen molar-refractivity contribution in [3.63, 3.8) is 0 Å². The van der Waals surface area contributed by atoms with Gasteiger partial charge in [0.05, 0.1) is 6.07 Å². The molecule has 0 radical (unpaired) electrons. The quantitative estimate of drug-likeness (QED) is 0.856. The molecule has 0 amide bonds. The molecular formula is C17H15ClN2O2. The number of carbonyl (C=O) groups excluding carboxylic acids is 1. The Balaban J connectivity index is 2.15. The Morgan fingerprint density at radius 2 is 2.00 bits per heavy atom. The van der Waals surface area contributed by atoms with Crippen molar-refractivity contribution < 1.29 is 9.53 Å². The molecule has 1 aliphatic heterocycles. The molecule has 1 aromatic carbocycles. The van der Waals surface area contributed by atoms with Gasteiger partial charge in [0.25, 0.3) is 0 Å². The fourth-order valence-corrected chi connectivity index (χ4v) is 3.33. The number of carbonyl (C=O) groups is 1. The molecule has 0 spiro atoms. The molecule has 1 aromatic rings. The first kappa shape index (κ1) is 14.8. The van der Waals surface area contributed by atoms with Crippen LogP contribution in [0.15, 0.2) is 35.6 Å². The molecule has 0 bridgehead atoms. The second-order valence-corrected chi connectivity index (χ2v) is 6.31. The number of nitrogens with one attached hydrogen (secondary N) is 1. The fourth-order valence-electron chi connectivity index (χ4n) is 3.20. The number of hydrogen-bond acceptors (Lipinski definition) is 4. The standard InChI is InChI=1S/C17H15ClN2O2/c1-9-6-13(21)16-14(7-9)22-17(20)12(8-19)15(16)10-2-4-11(18)5-3-10/h2-5,9,12,15,20H,6-7H2,1H3. The molecule has 3 unspecified atom stereocenters. The van der Waals surface area contributed by atoms with Crippen molar-refractivity contribution in [2.45, 2.75) is 25.7 Å². The van der Waals surface area contributed by atoms with Gasteiger partial charge in [0.1, 0.15) is 11.7 Å². The Labute approximate surface area is 133 Å². The number of ether oxygens (including phenoxy) is 1. The van der Waals surface area contributed by atoms with Gasteiger partial charge < -0.3 is 4.74 Å². The van der Waals surface area contributed by atoms with Crippen molar-refractivity contribution in [2.75, 3.05) is 0 Å². The van der Waals surface area contributed by atoms with Gasteiger partial charge in [0.2, 0.25) is 5.90 Å². The predicted molar refractivity (Wildman–Crippen MR) is 82.5 cm³/mol. The van der Waals surface area contributed by atoms with Gasteiger partial charge in [-0.15, -0.1) is 0 Å². The molecule has 0 saturated heterocycles. The molecule has 0 aromatic heterocycles. The summed E-state index contributed by atoms with van der Waals surface area (Å²) in [6, 6.07) is 9.21. The van der Waals surface area contributed by atoms with Gasteiger partial charge in [-0.05, 0) is 23.6 Å². The minimum absolute atomic E-state index is 0.0152. The van der Waals surface area contributed by atoms with Gasteiger partial charge in [0.15, 0.2) is 5.78 Å². The molecule has 22 heavy (non-hydrogen) atoms. The molecule has 1 heterocycles. The van der Waals surface area contributed by atoms with E-state index in [1.165, 1.54) is 0 Å². The summed E-state index contributed by atoms with van der Waals surface area (Å²) in [5.74, 6) is -0.538. The Hall–Kier alpha value is -2.12. The maximum Gasteiger partial charge on any atom is 0.205 e. The molecule has 0 fully saturated rings. The molecule has 3 atom stereocenters. The number of benzene rings is 1. The van der Waals surface area contributed by atoms with Crippen LogP contribution in [0.5, 0.6) is 0 Å². The molecule has 1 aliphatic carbocycles. The van der Waals surface area contributed by atoms with Crippen molar-refractivity contribution in [3.05, 3.63) is 46.2 Å². The van der Waals surface area contributed by atoms with Gasteiger partial charge in [-0.3, -0.25) is 10.2 Å². The zero-order chi connectivity index (χ0) is 15.9. The lowest BCUT2D eigenvalue weighted by Crippen LogP contribution is -2.36. The average Bonchev–Trinajstić information content (AvgIpc) is 2.46. The van der Waals surface area contributed by atoms with Crippen molar-refractivity contribution in [3.8, 4) is 6.07 Å². The van der Waals surface area contributed by atoms with E-state index in [1.54, 1.807) is 12.1 Å². The van der Waals surface area contributed by atoms with Crippen LogP contribution in [0.3, 0.4) is 0 Å². The Morgan fingerprint density at radius 1 is 1.32 bits per heavy atom. The number of rotatable bonds is 1. The molecule has 4 nitrogen and oxygen atoms in total. The number of halogens is 1. The maximum absolute atomic E-state index is 12.5. The lowest BCUT2D eigenvalue weighted by atomic mass is 9.72. The summed E-state index contributed by atoms with van der Waals surface area (Å²) in [5, 5.41) is 18.0. The second-order valence-electron chi connectivity index (χ2n) is 5.88. The topological polar surface area (TPSA) is 73.9 Å². The first-order valence-corrected chi connectivity index (χ1v) is 7.56. The highest BCUT2D eigenvalue weighted by Gasteiger charge is 2.43. The number of hydrogen-bond donors (Lipinski definition) is 1. The largest absolute Gasteiger partial charge is 0.446 e. The smallest absolute Gasteiger partial charge is 0.205 e. The normalized spacial score (nSPS) is 28.0. The van der Waals surface area contributed by atoms with E-state index in [2.05, 4.69) is 6.07 Å². The highest BCUT2D eigenvalue weighted by molar-refractivity contribution is 6.30. The van der Waals surface area contributed by atoms with Crippen LogP contribution in [0.1, 0.15) is 31.2 Å². The first-order chi connectivity index (χ1) is 10.5. The van der Waals surface area contributed by atoms with E-state index < -0.39 is 11.8 Å². The van der Waals surface area contributed by atoms with Crippen LogP contribution in [0.2, 0.25) is 5.02 Å². The van der Waals surface area contributed by atoms with E-state index in [4.69, 9.17) is 21.7 Å². The third-order valence-electron chi connectivity index (χ3n) is 4.20. The molecule has 2 aliphatic rings. The van der Waals surface area contributed by atoms with E-state index in [0.717, 1.165) is 5.56 Å². The molecule has 3 rings (SSSR count). The SMILES string of the molecule is CC1CC(=O)C2=C(C1)OC(=N)C(C#N)C2c1ccc(Cl)cc1. The zero-order valence-electron chi connectivity index (χ0n) is 12.1. The van der Waals surface area contributed by atoms with E-state index in [-0.39, 0.29) is 17.6 Å². The molecule has 112 valence electrons. The van der Waals surface area contributed by atoms with Gasteiger partial charge in [-0.2, -0.15) is 5.26 Å². The highest BCUT2D eigenvalue weighted by atomic mass is 35.5. The van der Waals surface area contributed by atoms with Crippen LogP contribution in [-0.4, -0.2) is 11.7 Å². The molecule has 1 N–H and O–H groups in total. The molecule has 0 saturated carbocycles. The van der Waals surface area contributed by atoms with Crippen LogP contribution >= 0.6 is 11.6 Å². The molecular weight excluding hydrogens is 300 g/mol. The predicted octanol–water partition coefficient (Wildman–Crippen LogP) is 3.82. The van der Waals surface area contributed by atoms with Crippen LogP contribution in [-0.2, 0) is 9.53 Å². The minimum atomic E-state index is -0.780. The first-order valence-electron chi connectivity index (χ1n) is 7.19. The van der Waals surface area contributed by atoms with Gasteiger partial charge in [0, 0.05) is 29.4 Å². The van der Waals surface area contributed by atoms with E-state index in [9.17, 15) is 10.1 Å². The molecule has 5 heteroatoms. The van der Waals surface area contributed by atoms with Crippen molar-refractivity contribution in [1.82, 2.24) is 0 Å². The van der Waals surface area contributed by atoms with E-state index in [0.29, 0.717) is 29.2 Å². The van der Waals surface area contributed by atoms with Gasteiger partial charge in [-0.25, -0.2) is 0 Å². The summed E-state index contributed by atoms with van der Waals surface area (Å²) in [7, 11) is 0. The third kappa shape index (κ3) is 2.42. The van der Waals surface area contributed by atoms with Crippen molar-refractivity contribution in [1.29, 1.82) is 10.7 Å². The van der Waals surface area contributed by atoms with Crippen LogP contribution in [0, 0.1) is 28.6 Å². The van der Waals surface area contributed by atoms with E-state index in [1.807, 2.05) is 19.1 Å². The van der Waals surface area contributed by atoms with Gasteiger partial charge in [-0.1, -0.05) is 30.7 Å².